The Hall–Kier alpha value is -0.530. The molecule has 2 nitrogen and oxygen atoms in total. The molecule has 0 aromatic carbocycles. The Bertz CT molecular complexity index is 262. The second kappa shape index (κ2) is 3.50. The first kappa shape index (κ1) is 9.68. The SMILES string of the molecule is CC(CC1CC1)NC(=O)C1CC2CC2C1. The van der Waals surface area contributed by atoms with E-state index in [1.807, 2.05) is 0 Å². The van der Waals surface area contributed by atoms with E-state index in [9.17, 15) is 4.79 Å². The number of rotatable bonds is 4. The summed E-state index contributed by atoms with van der Waals surface area (Å²) in [5.41, 5.74) is 0. The van der Waals surface area contributed by atoms with Crippen molar-refractivity contribution in [2.75, 3.05) is 0 Å². The number of hydrogen-bond donors (Lipinski definition) is 1. The molecule has 0 saturated heterocycles. The molecule has 0 aliphatic heterocycles. The molecule has 3 fully saturated rings. The topological polar surface area (TPSA) is 29.1 Å². The lowest BCUT2D eigenvalue weighted by Gasteiger charge is -2.17. The second-order valence-corrected chi connectivity index (χ2v) is 6.01. The van der Waals surface area contributed by atoms with Gasteiger partial charge in [0, 0.05) is 12.0 Å². The third-order valence-corrected chi connectivity index (χ3v) is 4.39. The third kappa shape index (κ3) is 2.19. The van der Waals surface area contributed by atoms with E-state index in [4.69, 9.17) is 0 Å². The summed E-state index contributed by atoms with van der Waals surface area (Å²) in [7, 11) is 0. The minimum absolute atomic E-state index is 0.343. The van der Waals surface area contributed by atoms with Crippen molar-refractivity contribution in [3.8, 4) is 0 Å². The van der Waals surface area contributed by atoms with Gasteiger partial charge < -0.3 is 5.32 Å². The molecule has 15 heavy (non-hydrogen) atoms. The van der Waals surface area contributed by atoms with E-state index in [0.29, 0.717) is 17.9 Å². The molecule has 3 aliphatic carbocycles. The molecule has 3 atom stereocenters. The number of carbonyl (C=O) groups excluding carboxylic acids is 1. The predicted octanol–water partition coefficient (Wildman–Crippen LogP) is 2.34. The van der Waals surface area contributed by atoms with Crippen LogP contribution in [0.3, 0.4) is 0 Å². The van der Waals surface area contributed by atoms with Gasteiger partial charge >= 0.3 is 0 Å². The molecule has 0 radical (unpaired) electrons. The molecule has 0 aromatic heterocycles. The molecule has 84 valence electrons. The maximum atomic E-state index is 11.9. The minimum Gasteiger partial charge on any atom is -0.353 e. The first-order valence-electron chi connectivity index (χ1n) is 6.52. The van der Waals surface area contributed by atoms with Crippen molar-refractivity contribution < 1.29 is 4.79 Å². The van der Waals surface area contributed by atoms with Crippen LogP contribution < -0.4 is 5.32 Å². The van der Waals surface area contributed by atoms with E-state index in [1.165, 1.54) is 38.5 Å². The number of carbonyl (C=O) groups is 1. The van der Waals surface area contributed by atoms with Crippen LogP contribution in [-0.4, -0.2) is 11.9 Å². The van der Waals surface area contributed by atoms with E-state index in [2.05, 4.69) is 12.2 Å². The summed E-state index contributed by atoms with van der Waals surface area (Å²) in [6.45, 7) is 2.16. The standard InChI is InChI=1S/C13H21NO/c1-8(4-9-2-3-9)14-13(15)12-6-10-5-11(10)7-12/h8-12H,2-7H2,1H3,(H,14,15). The Morgan fingerprint density at radius 3 is 2.53 bits per heavy atom. The zero-order valence-electron chi connectivity index (χ0n) is 9.54. The molecule has 0 aromatic rings. The van der Waals surface area contributed by atoms with Crippen molar-refractivity contribution in [2.45, 2.75) is 51.5 Å². The minimum atomic E-state index is 0.343. The molecule has 3 saturated carbocycles. The van der Waals surface area contributed by atoms with Crippen LogP contribution in [0, 0.1) is 23.7 Å². The molecule has 3 unspecified atom stereocenters. The van der Waals surface area contributed by atoms with Gasteiger partial charge in [-0.15, -0.1) is 0 Å². The highest BCUT2D eigenvalue weighted by Gasteiger charge is 2.48. The molecule has 2 heteroatoms. The molecular weight excluding hydrogens is 186 g/mol. The van der Waals surface area contributed by atoms with Gasteiger partial charge in [-0.05, 0) is 50.4 Å². The number of fused-ring (bicyclic) bond motifs is 1. The van der Waals surface area contributed by atoms with Crippen LogP contribution in [-0.2, 0) is 4.79 Å². The van der Waals surface area contributed by atoms with Gasteiger partial charge in [0.2, 0.25) is 5.91 Å². The van der Waals surface area contributed by atoms with Crippen LogP contribution in [0.4, 0.5) is 0 Å². The molecule has 0 spiro atoms. The van der Waals surface area contributed by atoms with Gasteiger partial charge in [0.05, 0.1) is 0 Å². The zero-order valence-corrected chi connectivity index (χ0v) is 9.54. The van der Waals surface area contributed by atoms with Crippen LogP contribution in [0.15, 0.2) is 0 Å². The number of amides is 1. The molecule has 0 bridgehead atoms. The lowest BCUT2D eigenvalue weighted by atomic mass is 10.0. The van der Waals surface area contributed by atoms with Gasteiger partial charge in [0.1, 0.15) is 0 Å². The fourth-order valence-electron chi connectivity index (χ4n) is 3.20. The van der Waals surface area contributed by atoms with Crippen LogP contribution >= 0.6 is 0 Å². The first-order valence-corrected chi connectivity index (χ1v) is 6.52. The van der Waals surface area contributed by atoms with Gasteiger partial charge in [-0.1, -0.05) is 12.8 Å². The van der Waals surface area contributed by atoms with Crippen molar-refractivity contribution in [1.29, 1.82) is 0 Å². The summed E-state index contributed by atoms with van der Waals surface area (Å²) in [4.78, 5) is 11.9. The molecule has 0 heterocycles. The van der Waals surface area contributed by atoms with Crippen LogP contribution in [0.5, 0.6) is 0 Å². The fourth-order valence-corrected chi connectivity index (χ4v) is 3.20. The molecule has 1 N–H and O–H groups in total. The Labute approximate surface area is 91.8 Å². The highest BCUT2D eigenvalue weighted by molar-refractivity contribution is 5.79. The summed E-state index contributed by atoms with van der Waals surface area (Å²) in [5, 5.41) is 3.20. The fraction of sp³-hybridized carbons (Fsp3) is 0.923. The summed E-state index contributed by atoms with van der Waals surface area (Å²) >= 11 is 0. The summed E-state index contributed by atoms with van der Waals surface area (Å²) < 4.78 is 0. The predicted molar refractivity (Wildman–Crippen MR) is 59.3 cm³/mol. The molecule has 1 amide bonds. The zero-order chi connectivity index (χ0) is 10.4. The van der Waals surface area contributed by atoms with Crippen molar-refractivity contribution >= 4 is 5.91 Å². The normalized spacial score (nSPS) is 39.7. The van der Waals surface area contributed by atoms with Gasteiger partial charge in [0.25, 0.3) is 0 Å². The van der Waals surface area contributed by atoms with Crippen molar-refractivity contribution in [3.05, 3.63) is 0 Å². The monoisotopic (exact) mass is 207 g/mol. The summed E-state index contributed by atoms with van der Waals surface area (Å²) in [6, 6.07) is 0.405. The Morgan fingerprint density at radius 1 is 1.27 bits per heavy atom. The third-order valence-electron chi connectivity index (χ3n) is 4.39. The van der Waals surface area contributed by atoms with Crippen molar-refractivity contribution in [2.24, 2.45) is 23.7 Å². The smallest absolute Gasteiger partial charge is 0.223 e. The van der Waals surface area contributed by atoms with Gasteiger partial charge in [0.15, 0.2) is 0 Å². The second-order valence-electron chi connectivity index (χ2n) is 6.01. The van der Waals surface area contributed by atoms with E-state index < -0.39 is 0 Å². The lowest BCUT2D eigenvalue weighted by molar-refractivity contribution is -0.125. The maximum absolute atomic E-state index is 11.9. The quantitative estimate of drug-likeness (QED) is 0.753. The van der Waals surface area contributed by atoms with E-state index in [0.717, 1.165) is 17.8 Å². The van der Waals surface area contributed by atoms with Crippen molar-refractivity contribution in [1.82, 2.24) is 5.32 Å². The van der Waals surface area contributed by atoms with Gasteiger partial charge in [-0.2, -0.15) is 0 Å². The number of nitrogens with one attached hydrogen (secondary N) is 1. The molecular formula is C13H21NO. The van der Waals surface area contributed by atoms with Gasteiger partial charge in [-0.3, -0.25) is 4.79 Å². The average molecular weight is 207 g/mol. The lowest BCUT2D eigenvalue weighted by Crippen LogP contribution is -2.37. The Balaban J connectivity index is 1.43. The van der Waals surface area contributed by atoms with E-state index >= 15 is 0 Å². The highest BCUT2D eigenvalue weighted by Crippen LogP contribution is 2.54. The number of hydrogen-bond acceptors (Lipinski definition) is 1. The highest BCUT2D eigenvalue weighted by atomic mass is 16.1. The maximum Gasteiger partial charge on any atom is 0.223 e. The Morgan fingerprint density at radius 2 is 1.93 bits per heavy atom. The summed E-state index contributed by atoms with van der Waals surface area (Å²) in [6.07, 6.45) is 7.72. The summed E-state index contributed by atoms with van der Waals surface area (Å²) in [5.74, 6) is 3.45. The largest absolute Gasteiger partial charge is 0.353 e. The molecule has 3 rings (SSSR count). The van der Waals surface area contributed by atoms with E-state index in [-0.39, 0.29) is 0 Å². The molecule has 3 aliphatic rings. The average Bonchev–Trinajstić information content (AvgIpc) is 3.09. The van der Waals surface area contributed by atoms with Crippen molar-refractivity contribution in [3.63, 3.8) is 0 Å². The first-order chi connectivity index (χ1) is 7.22. The van der Waals surface area contributed by atoms with Crippen LogP contribution in [0.1, 0.15) is 45.4 Å². The van der Waals surface area contributed by atoms with Crippen LogP contribution in [0.2, 0.25) is 0 Å². The van der Waals surface area contributed by atoms with E-state index in [1.54, 1.807) is 0 Å². The van der Waals surface area contributed by atoms with Gasteiger partial charge in [-0.25, -0.2) is 0 Å². The Kier molecular flexibility index (Phi) is 2.26. The van der Waals surface area contributed by atoms with Crippen LogP contribution in [0.25, 0.3) is 0 Å².